The van der Waals surface area contributed by atoms with Crippen LogP contribution in [-0.2, 0) is 18.4 Å². The van der Waals surface area contributed by atoms with Crippen molar-refractivity contribution in [2.75, 3.05) is 0 Å². The Labute approximate surface area is 313 Å². The minimum atomic E-state index is 0.0234. The molecule has 5 aromatic carbocycles. The van der Waals surface area contributed by atoms with E-state index in [1.165, 1.54) is 82.7 Å². The number of benzene rings is 5. The molecule has 2 aliphatic heterocycles. The van der Waals surface area contributed by atoms with Crippen LogP contribution in [0.2, 0.25) is 0 Å². The standard InChI is InChI=1S/C50H39N3O/c1-50(2,3)31-23-25-52-42-19-10-13-30-12-4-5-14-32(30)41-18-8-9-24-51(41)29-40(42)37-28-44-38(27-39(37)43(52)26-31)34-17-11-16-33-35-21-22-46-47(49(35)53(44)48(33)34)36-15-6-7-20-45(36)54-46/h4-12,14-28,40,42H,13,29H2,1-3H3/q+2/b19-10+. The van der Waals surface area contributed by atoms with Crippen LogP contribution in [0.4, 0.5) is 0 Å². The molecule has 0 saturated carbocycles. The minimum Gasteiger partial charge on any atom is -0.456 e. The van der Waals surface area contributed by atoms with Gasteiger partial charge in [0.25, 0.3) is 0 Å². The van der Waals surface area contributed by atoms with E-state index < -0.39 is 0 Å². The fourth-order valence-electron chi connectivity index (χ4n) is 9.99. The van der Waals surface area contributed by atoms with Crippen LogP contribution in [0.1, 0.15) is 49.4 Å². The Hall–Kier alpha value is -6.26. The van der Waals surface area contributed by atoms with Gasteiger partial charge in [-0.05, 0) is 77.1 Å². The maximum absolute atomic E-state index is 6.48. The third-order valence-corrected chi connectivity index (χ3v) is 12.5. The molecular weight excluding hydrogens is 659 g/mol. The molecule has 2 atom stereocenters. The predicted molar refractivity (Wildman–Crippen MR) is 219 cm³/mol. The number of furan rings is 1. The first-order valence-electron chi connectivity index (χ1n) is 19.3. The van der Waals surface area contributed by atoms with Gasteiger partial charge in [0.2, 0.25) is 11.4 Å². The topological polar surface area (TPSA) is 25.3 Å². The number of nitrogens with zero attached hydrogens (tertiary/aromatic N) is 3. The Balaban J connectivity index is 1.21. The normalized spacial score (nSPS) is 17.5. The van der Waals surface area contributed by atoms with Crippen LogP contribution in [0.25, 0.3) is 82.5 Å². The third kappa shape index (κ3) is 4.03. The Kier molecular flexibility index (Phi) is 5.97. The molecule has 5 aromatic heterocycles. The van der Waals surface area contributed by atoms with E-state index in [4.69, 9.17) is 4.42 Å². The van der Waals surface area contributed by atoms with Crippen LogP contribution in [-0.4, -0.2) is 4.40 Å². The monoisotopic (exact) mass is 697 g/mol. The highest BCUT2D eigenvalue weighted by Gasteiger charge is 2.43. The van der Waals surface area contributed by atoms with Crippen LogP contribution in [0.3, 0.4) is 0 Å². The van der Waals surface area contributed by atoms with Crippen molar-refractivity contribution in [3.8, 4) is 22.5 Å². The Morgan fingerprint density at radius 3 is 2.35 bits per heavy atom. The quantitative estimate of drug-likeness (QED) is 0.114. The van der Waals surface area contributed by atoms with Crippen LogP contribution in [0, 0.1) is 0 Å². The van der Waals surface area contributed by atoms with E-state index in [9.17, 15) is 0 Å². The van der Waals surface area contributed by atoms with Gasteiger partial charge in [-0.3, -0.25) is 0 Å². The molecule has 0 saturated heterocycles. The second-order valence-corrected chi connectivity index (χ2v) is 16.5. The molecule has 0 N–H and O–H groups in total. The average Bonchev–Trinajstić information content (AvgIpc) is 3.85. The molecule has 0 spiro atoms. The lowest BCUT2D eigenvalue weighted by Crippen LogP contribution is -2.51. The molecule has 10 aromatic rings. The van der Waals surface area contributed by atoms with Gasteiger partial charge in [0.15, 0.2) is 25.0 Å². The summed E-state index contributed by atoms with van der Waals surface area (Å²) < 4.78 is 14.1. The maximum atomic E-state index is 6.48. The van der Waals surface area contributed by atoms with E-state index in [1.807, 2.05) is 0 Å². The SMILES string of the molecule is CC(C)(C)c1cc[n+]2c(c1)-c1cc3c4cccc5c6ccc7oc8ccccc8c7c6n(c3cc1C1C[n+]3ccccc3-c3ccccc3C/C=C/C12)c45. The summed E-state index contributed by atoms with van der Waals surface area (Å²) in [5.41, 5.74) is 15.0. The highest BCUT2D eigenvalue weighted by Crippen LogP contribution is 2.48. The highest BCUT2D eigenvalue weighted by molar-refractivity contribution is 6.30. The summed E-state index contributed by atoms with van der Waals surface area (Å²) in [6.07, 6.45) is 10.4. The first-order chi connectivity index (χ1) is 26.4. The molecule has 4 heteroatoms. The molecule has 0 bridgehead atoms. The van der Waals surface area contributed by atoms with Gasteiger partial charge in [-0.25, -0.2) is 0 Å². The molecule has 7 heterocycles. The number of hydrogen-bond donors (Lipinski definition) is 0. The average molecular weight is 698 g/mol. The van der Waals surface area contributed by atoms with Crippen molar-refractivity contribution in [3.63, 3.8) is 0 Å². The smallest absolute Gasteiger partial charge is 0.213 e. The van der Waals surface area contributed by atoms with Crippen molar-refractivity contribution in [2.24, 2.45) is 0 Å². The number of allylic oxidation sites excluding steroid dienone is 2. The Morgan fingerprint density at radius 1 is 0.648 bits per heavy atom. The van der Waals surface area contributed by atoms with Gasteiger partial charge in [-0.2, -0.15) is 9.13 Å². The van der Waals surface area contributed by atoms with Crippen molar-refractivity contribution in [2.45, 2.75) is 51.1 Å². The van der Waals surface area contributed by atoms with E-state index in [0.717, 1.165) is 29.5 Å². The largest absolute Gasteiger partial charge is 0.456 e. The fraction of sp³-hybridized carbons (Fsp3) is 0.160. The minimum absolute atomic E-state index is 0.0234. The van der Waals surface area contributed by atoms with Crippen molar-refractivity contribution in [1.82, 2.24) is 4.40 Å². The molecule has 2 unspecified atom stereocenters. The molecule has 258 valence electrons. The number of aromatic nitrogens is 3. The summed E-state index contributed by atoms with van der Waals surface area (Å²) in [7, 11) is 0. The zero-order valence-electron chi connectivity index (χ0n) is 30.7. The van der Waals surface area contributed by atoms with Crippen molar-refractivity contribution < 1.29 is 13.6 Å². The summed E-state index contributed by atoms with van der Waals surface area (Å²) in [4.78, 5) is 0. The van der Waals surface area contributed by atoms with Gasteiger partial charge < -0.3 is 8.82 Å². The van der Waals surface area contributed by atoms with Gasteiger partial charge in [0.05, 0.1) is 27.5 Å². The van der Waals surface area contributed by atoms with Gasteiger partial charge in [0, 0.05) is 56.8 Å². The molecule has 4 nitrogen and oxygen atoms in total. The summed E-state index contributed by atoms with van der Waals surface area (Å²) in [6.45, 7) is 7.82. The molecule has 0 radical (unpaired) electrons. The summed E-state index contributed by atoms with van der Waals surface area (Å²) in [5, 5.41) is 7.50. The van der Waals surface area contributed by atoms with Gasteiger partial charge in [-0.1, -0.05) is 81.4 Å². The molecule has 0 aliphatic carbocycles. The number of hydrogen-bond acceptors (Lipinski definition) is 1. The lowest BCUT2D eigenvalue weighted by atomic mass is 9.79. The molecule has 54 heavy (non-hydrogen) atoms. The van der Waals surface area contributed by atoms with Gasteiger partial charge in [-0.15, -0.1) is 0 Å². The summed E-state index contributed by atoms with van der Waals surface area (Å²) in [5.74, 6) is 0.187. The van der Waals surface area contributed by atoms with E-state index in [0.29, 0.717) is 0 Å². The van der Waals surface area contributed by atoms with Crippen LogP contribution in [0.15, 0.2) is 150 Å². The zero-order valence-corrected chi connectivity index (χ0v) is 30.7. The first kappa shape index (κ1) is 30.2. The second kappa shape index (κ2) is 10.7. The number of para-hydroxylation sites is 2. The molecule has 0 fully saturated rings. The summed E-state index contributed by atoms with van der Waals surface area (Å²) >= 11 is 0. The lowest BCUT2D eigenvalue weighted by molar-refractivity contribution is -0.733. The van der Waals surface area contributed by atoms with Gasteiger partial charge in [0.1, 0.15) is 17.1 Å². The maximum Gasteiger partial charge on any atom is 0.213 e. The first-order valence-corrected chi connectivity index (χ1v) is 19.3. The zero-order chi connectivity index (χ0) is 35.9. The Morgan fingerprint density at radius 2 is 1.44 bits per heavy atom. The van der Waals surface area contributed by atoms with Gasteiger partial charge >= 0.3 is 0 Å². The van der Waals surface area contributed by atoms with Crippen molar-refractivity contribution >= 4 is 60.0 Å². The summed E-state index contributed by atoms with van der Waals surface area (Å²) in [6, 6.07) is 45.4. The van der Waals surface area contributed by atoms with E-state index in [2.05, 4.69) is 180 Å². The number of pyridine rings is 2. The van der Waals surface area contributed by atoms with Crippen LogP contribution < -0.4 is 9.13 Å². The number of fused-ring (bicyclic) bond motifs is 19. The molecule has 2 aliphatic rings. The van der Waals surface area contributed by atoms with E-state index in [-0.39, 0.29) is 17.4 Å². The predicted octanol–water partition coefficient (Wildman–Crippen LogP) is 11.4. The Bertz CT molecular complexity index is 3220. The van der Waals surface area contributed by atoms with Crippen molar-refractivity contribution in [3.05, 3.63) is 163 Å². The van der Waals surface area contributed by atoms with Crippen LogP contribution in [0.5, 0.6) is 0 Å². The molecule has 12 rings (SSSR count). The lowest BCUT2D eigenvalue weighted by Gasteiger charge is -2.30. The highest BCUT2D eigenvalue weighted by atomic mass is 16.3. The van der Waals surface area contributed by atoms with Crippen LogP contribution >= 0.6 is 0 Å². The third-order valence-electron chi connectivity index (χ3n) is 12.5. The molecular formula is C50H39N3O+2. The second-order valence-electron chi connectivity index (χ2n) is 16.5. The van der Waals surface area contributed by atoms with E-state index in [1.54, 1.807) is 0 Å². The molecule has 0 amide bonds. The fourth-order valence-corrected chi connectivity index (χ4v) is 9.99. The number of rotatable bonds is 0. The van der Waals surface area contributed by atoms with Crippen molar-refractivity contribution in [1.29, 1.82) is 0 Å². The van der Waals surface area contributed by atoms with E-state index >= 15 is 0 Å².